The smallest absolute Gasteiger partial charge is 0.326 e. The summed E-state index contributed by atoms with van der Waals surface area (Å²) in [6.45, 7) is 7.00. The van der Waals surface area contributed by atoms with Crippen molar-refractivity contribution in [2.75, 3.05) is 0 Å². The summed E-state index contributed by atoms with van der Waals surface area (Å²) in [6, 6.07) is 7.62. The minimum atomic E-state index is -0.225. The van der Waals surface area contributed by atoms with Gasteiger partial charge in [-0.25, -0.2) is 0 Å². The highest BCUT2D eigenvalue weighted by Crippen LogP contribution is 2.38. The van der Waals surface area contributed by atoms with Crippen LogP contribution in [0.5, 0.6) is 0 Å². The summed E-state index contributed by atoms with van der Waals surface area (Å²) in [5, 5.41) is 0.871. The number of aromatic nitrogens is 1. The van der Waals surface area contributed by atoms with E-state index in [0.29, 0.717) is 16.9 Å². The molecule has 1 aliphatic rings. The van der Waals surface area contributed by atoms with Crippen molar-refractivity contribution < 1.29 is 14.3 Å². The second-order valence-corrected chi connectivity index (χ2v) is 8.18. The summed E-state index contributed by atoms with van der Waals surface area (Å²) < 4.78 is 7.51. The quantitative estimate of drug-likeness (QED) is 0.603. The maximum atomic E-state index is 12.4. The van der Waals surface area contributed by atoms with Crippen molar-refractivity contribution in [3.8, 4) is 0 Å². The van der Waals surface area contributed by atoms with Gasteiger partial charge in [0.15, 0.2) is 6.29 Å². The van der Waals surface area contributed by atoms with Gasteiger partial charge >= 0.3 is 5.97 Å². The molecule has 2 aromatic rings. The Morgan fingerprint density at radius 1 is 1.20 bits per heavy atom. The topological polar surface area (TPSA) is 48.3 Å². The lowest BCUT2D eigenvalue weighted by Gasteiger charge is -2.36. The van der Waals surface area contributed by atoms with Crippen LogP contribution in [0.3, 0.4) is 0 Å². The van der Waals surface area contributed by atoms with Crippen LogP contribution >= 0.6 is 0 Å². The molecule has 1 aromatic carbocycles. The summed E-state index contributed by atoms with van der Waals surface area (Å²) in [5.41, 5.74) is 1.82. The number of ether oxygens (including phenoxy) is 1. The Morgan fingerprint density at radius 2 is 1.88 bits per heavy atom. The summed E-state index contributed by atoms with van der Waals surface area (Å²) >= 11 is 0. The van der Waals surface area contributed by atoms with Crippen LogP contribution < -0.4 is 0 Å². The molecule has 1 heterocycles. The molecular formula is C21H27NO3. The number of nitrogens with zero attached hydrogens (tertiary/aromatic N) is 1. The van der Waals surface area contributed by atoms with Crippen LogP contribution in [0, 0.1) is 11.3 Å². The molecule has 134 valence electrons. The predicted octanol–water partition coefficient (Wildman–Crippen LogP) is 4.60. The zero-order chi connectivity index (χ0) is 18.0. The van der Waals surface area contributed by atoms with E-state index in [1.165, 1.54) is 0 Å². The first kappa shape index (κ1) is 17.7. The molecule has 0 N–H and O–H groups in total. The molecule has 1 aliphatic carbocycles. The number of aldehydes is 1. The summed E-state index contributed by atoms with van der Waals surface area (Å²) in [5.74, 6) is 0.475. The molecule has 4 heteroatoms. The first-order valence-corrected chi connectivity index (χ1v) is 9.11. The fourth-order valence-electron chi connectivity index (χ4n) is 3.91. The number of para-hydroxylation sites is 1. The third kappa shape index (κ3) is 3.94. The predicted molar refractivity (Wildman–Crippen MR) is 98.6 cm³/mol. The normalized spacial score (nSPS) is 21.2. The molecule has 0 bridgehead atoms. The highest BCUT2D eigenvalue weighted by Gasteiger charge is 2.31. The fourth-order valence-corrected chi connectivity index (χ4v) is 3.91. The van der Waals surface area contributed by atoms with Gasteiger partial charge in [0.05, 0.1) is 0 Å². The first-order valence-electron chi connectivity index (χ1n) is 9.11. The monoisotopic (exact) mass is 341 g/mol. The van der Waals surface area contributed by atoms with Crippen LogP contribution in [0.25, 0.3) is 10.9 Å². The number of benzene rings is 1. The van der Waals surface area contributed by atoms with Crippen LogP contribution in [-0.2, 0) is 16.1 Å². The van der Waals surface area contributed by atoms with E-state index in [0.717, 1.165) is 42.9 Å². The van der Waals surface area contributed by atoms with Crippen LogP contribution in [-0.4, -0.2) is 22.9 Å². The van der Waals surface area contributed by atoms with Crippen LogP contribution in [0.2, 0.25) is 0 Å². The highest BCUT2D eigenvalue weighted by molar-refractivity contribution is 5.98. The molecule has 1 saturated carbocycles. The molecule has 3 rings (SSSR count). The summed E-state index contributed by atoms with van der Waals surface area (Å²) in [6.07, 6.45) is 6.71. The van der Waals surface area contributed by atoms with E-state index in [-0.39, 0.29) is 18.6 Å². The Hall–Kier alpha value is -2.10. The van der Waals surface area contributed by atoms with Gasteiger partial charge in [-0.1, -0.05) is 39.0 Å². The lowest BCUT2D eigenvalue weighted by Crippen LogP contribution is -2.31. The molecule has 0 spiro atoms. The van der Waals surface area contributed by atoms with E-state index >= 15 is 0 Å². The zero-order valence-electron chi connectivity index (χ0n) is 15.3. The van der Waals surface area contributed by atoms with Crippen molar-refractivity contribution in [3.05, 3.63) is 36.0 Å². The largest absolute Gasteiger partial charge is 0.461 e. The molecule has 25 heavy (non-hydrogen) atoms. The van der Waals surface area contributed by atoms with Gasteiger partial charge in [-0.05, 0) is 43.1 Å². The van der Waals surface area contributed by atoms with Gasteiger partial charge in [0.25, 0.3) is 0 Å². The SMILES string of the molecule is CC(C)(C)C1CCC(OC(=O)Cn2cc(C=O)c3ccccc32)CC1. The van der Waals surface area contributed by atoms with Crippen LogP contribution in [0.4, 0.5) is 0 Å². The number of esters is 1. The summed E-state index contributed by atoms with van der Waals surface area (Å²) in [4.78, 5) is 23.6. The van der Waals surface area contributed by atoms with Gasteiger partial charge in [-0.3, -0.25) is 9.59 Å². The molecular weight excluding hydrogens is 314 g/mol. The number of fused-ring (bicyclic) bond motifs is 1. The van der Waals surface area contributed by atoms with Crippen molar-refractivity contribution in [3.63, 3.8) is 0 Å². The minimum Gasteiger partial charge on any atom is -0.461 e. The molecule has 0 amide bonds. The van der Waals surface area contributed by atoms with E-state index in [1.807, 2.05) is 28.8 Å². The van der Waals surface area contributed by atoms with Gasteiger partial charge in [0.2, 0.25) is 0 Å². The minimum absolute atomic E-state index is 0.0264. The maximum Gasteiger partial charge on any atom is 0.326 e. The number of rotatable bonds is 4. The van der Waals surface area contributed by atoms with Gasteiger partial charge < -0.3 is 9.30 Å². The molecule has 0 atom stereocenters. The standard InChI is InChI=1S/C21H27NO3/c1-21(2,3)16-8-10-17(11-9-16)25-20(24)13-22-12-15(14-23)18-6-4-5-7-19(18)22/h4-7,12,14,16-17H,8-11,13H2,1-3H3. The Balaban J connectivity index is 1.62. The van der Waals surface area contributed by atoms with E-state index in [9.17, 15) is 9.59 Å². The van der Waals surface area contributed by atoms with Gasteiger partial charge in [0, 0.05) is 22.7 Å². The van der Waals surface area contributed by atoms with Crippen LogP contribution in [0.1, 0.15) is 56.8 Å². The molecule has 1 fully saturated rings. The zero-order valence-corrected chi connectivity index (χ0v) is 15.3. The molecule has 0 unspecified atom stereocenters. The Labute approximate surface area is 149 Å². The maximum absolute atomic E-state index is 12.4. The fraction of sp³-hybridized carbons (Fsp3) is 0.524. The Bertz CT molecular complexity index is 761. The van der Waals surface area contributed by atoms with Crippen molar-refractivity contribution in [2.24, 2.45) is 11.3 Å². The first-order chi connectivity index (χ1) is 11.9. The lowest BCUT2D eigenvalue weighted by atomic mass is 9.72. The number of carbonyl (C=O) groups is 2. The van der Waals surface area contributed by atoms with Crippen molar-refractivity contribution in [1.82, 2.24) is 4.57 Å². The lowest BCUT2D eigenvalue weighted by molar-refractivity contribution is -0.152. The average molecular weight is 341 g/mol. The number of carbonyl (C=O) groups excluding carboxylic acids is 2. The van der Waals surface area contributed by atoms with Crippen molar-refractivity contribution >= 4 is 23.2 Å². The summed E-state index contributed by atoms with van der Waals surface area (Å²) in [7, 11) is 0. The molecule has 4 nitrogen and oxygen atoms in total. The van der Waals surface area contributed by atoms with Gasteiger partial charge in [-0.15, -0.1) is 0 Å². The molecule has 0 aliphatic heterocycles. The second-order valence-electron chi connectivity index (χ2n) is 8.18. The average Bonchev–Trinajstić information content (AvgIpc) is 2.92. The number of hydrogen-bond acceptors (Lipinski definition) is 3. The van der Waals surface area contributed by atoms with Crippen molar-refractivity contribution in [1.29, 1.82) is 0 Å². The molecule has 0 saturated heterocycles. The second kappa shape index (κ2) is 7.03. The third-order valence-corrected chi connectivity index (χ3v) is 5.44. The molecule has 1 aromatic heterocycles. The van der Waals surface area contributed by atoms with E-state index < -0.39 is 0 Å². The Kier molecular flexibility index (Phi) is 4.98. The van der Waals surface area contributed by atoms with Gasteiger partial charge in [-0.2, -0.15) is 0 Å². The highest BCUT2D eigenvalue weighted by atomic mass is 16.5. The number of hydrogen-bond donors (Lipinski definition) is 0. The molecule has 0 radical (unpaired) electrons. The van der Waals surface area contributed by atoms with E-state index in [2.05, 4.69) is 20.8 Å². The van der Waals surface area contributed by atoms with Gasteiger partial charge in [0.1, 0.15) is 12.6 Å². The Morgan fingerprint density at radius 3 is 2.52 bits per heavy atom. The van der Waals surface area contributed by atoms with E-state index in [4.69, 9.17) is 4.74 Å². The van der Waals surface area contributed by atoms with Crippen LogP contribution in [0.15, 0.2) is 30.5 Å². The third-order valence-electron chi connectivity index (χ3n) is 5.44. The van der Waals surface area contributed by atoms with E-state index in [1.54, 1.807) is 6.20 Å². The van der Waals surface area contributed by atoms with Crippen molar-refractivity contribution in [2.45, 2.75) is 59.1 Å².